The third-order valence-electron chi connectivity index (χ3n) is 5.15. The Hall–Kier alpha value is -4.10. The van der Waals surface area contributed by atoms with Crippen LogP contribution in [-0.4, -0.2) is 30.8 Å². The molecule has 5 aromatic rings. The molecule has 32 heavy (non-hydrogen) atoms. The molecule has 0 spiro atoms. The Kier molecular flexibility index (Phi) is 4.88. The highest BCUT2D eigenvalue weighted by atomic mass is 35.5. The number of hydrogen-bond donors (Lipinski definition) is 2. The van der Waals surface area contributed by atoms with Crippen LogP contribution in [0.4, 0.5) is 0 Å². The van der Waals surface area contributed by atoms with Crippen molar-refractivity contribution in [2.24, 2.45) is 0 Å². The van der Waals surface area contributed by atoms with Crippen LogP contribution in [0.25, 0.3) is 27.8 Å². The van der Waals surface area contributed by atoms with Crippen molar-refractivity contribution in [1.82, 2.24) is 19.7 Å². The van der Waals surface area contributed by atoms with Crippen LogP contribution < -0.4 is 4.74 Å². The first-order chi connectivity index (χ1) is 15.5. The number of carboxylic acids is 1. The first kappa shape index (κ1) is 19.8. The summed E-state index contributed by atoms with van der Waals surface area (Å²) in [6.07, 6.45) is 3.61. The number of imidazole rings is 1. The van der Waals surface area contributed by atoms with E-state index in [-0.39, 0.29) is 11.6 Å². The molecule has 5 rings (SSSR count). The van der Waals surface area contributed by atoms with Gasteiger partial charge in [-0.05, 0) is 60.5 Å². The van der Waals surface area contributed by atoms with E-state index < -0.39 is 5.97 Å². The zero-order chi connectivity index (χ0) is 22.2. The molecule has 0 radical (unpaired) electrons. The van der Waals surface area contributed by atoms with Crippen LogP contribution in [0.2, 0.25) is 5.02 Å². The van der Waals surface area contributed by atoms with Gasteiger partial charge in [-0.25, -0.2) is 9.48 Å². The van der Waals surface area contributed by atoms with Crippen molar-refractivity contribution in [1.29, 1.82) is 0 Å². The highest BCUT2D eigenvalue weighted by Crippen LogP contribution is 2.33. The maximum Gasteiger partial charge on any atom is 0.336 e. The fourth-order valence-electron chi connectivity index (χ4n) is 3.50. The molecular formula is C24H17ClN4O3. The lowest BCUT2D eigenvalue weighted by Gasteiger charge is -2.07. The molecule has 0 fully saturated rings. The zero-order valence-electron chi connectivity index (χ0n) is 16.9. The first-order valence-corrected chi connectivity index (χ1v) is 10.2. The molecule has 0 aliphatic carbocycles. The predicted molar refractivity (Wildman–Crippen MR) is 122 cm³/mol. The van der Waals surface area contributed by atoms with Crippen molar-refractivity contribution >= 4 is 28.6 Å². The number of aryl methyl sites for hydroxylation is 1. The Morgan fingerprint density at radius 1 is 1.12 bits per heavy atom. The van der Waals surface area contributed by atoms with Gasteiger partial charge in [-0.2, -0.15) is 10.1 Å². The first-order valence-electron chi connectivity index (χ1n) is 9.79. The van der Waals surface area contributed by atoms with Gasteiger partial charge in [0.2, 0.25) is 0 Å². The Bertz CT molecular complexity index is 1440. The molecule has 3 aromatic carbocycles. The van der Waals surface area contributed by atoms with Gasteiger partial charge < -0.3 is 14.8 Å². The highest BCUT2D eigenvalue weighted by Gasteiger charge is 2.13. The van der Waals surface area contributed by atoms with E-state index in [1.807, 2.05) is 42.6 Å². The predicted octanol–water partition coefficient (Wildman–Crippen LogP) is 5.87. The number of carboxylic acid groups (broad SMARTS) is 1. The smallest absolute Gasteiger partial charge is 0.336 e. The lowest BCUT2D eigenvalue weighted by atomic mass is 10.0. The van der Waals surface area contributed by atoms with E-state index in [0.29, 0.717) is 27.4 Å². The van der Waals surface area contributed by atoms with Crippen LogP contribution in [0.3, 0.4) is 0 Å². The lowest BCUT2D eigenvalue weighted by molar-refractivity contribution is 0.0695. The molecule has 0 saturated carbocycles. The second-order valence-electron chi connectivity index (χ2n) is 7.27. The summed E-state index contributed by atoms with van der Waals surface area (Å²) in [5, 5.41) is 14.1. The van der Waals surface area contributed by atoms with E-state index in [0.717, 1.165) is 16.8 Å². The maximum atomic E-state index is 11.4. The second kappa shape index (κ2) is 7.86. The van der Waals surface area contributed by atoms with Crippen molar-refractivity contribution in [3.05, 3.63) is 89.2 Å². The van der Waals surface area contributed by atoms with Crippen LogP contribution in [0, 0.1) is 6.92 Å². The van der Waals surface area contributed by atoms with Crippen LogP contribution in [0.5, 0.6) is 11.8 Å². The van der Waals surface area contributed by atoms with Gasteiger partial charge in [0.15, 0.2) is 0 Å². The van der Waals surface area contributed by atoms with E-state index in [2.05, 4.69) is 15.1 Å². The SMILES string of the molecule is Cc1ccc(Oc2nc3cc(-c4ccc(-n5cccn5)cc4)c(Cl)cc3[nH]2)cc1C(=O)O. The summed E-state index contributed by atoms with van der Waals surface area (Å²) in [4.78, 5) is 18.9. The number of halogens is 1. The summed E-state index contributed by atoms with van der Waals surface area (Å²) in [5.41, 5.74) is 4.97. The fraction of sp³-hybridized carbons (Fsp3) is 0.0417. The Labute approximate surface area is 187 Å². The number of H-pyrrole nitrogens is 1. The minimum absolute atomic E-state index is 0.183. The number of nitrogens with zero attached hydrogens (tertiary/aromatic N) is 3. The summed E-state index contributed by atoms with van der Waals surface area (Å²) in [6, 6.07) is 18.6. The number of aromatic carboxylic acids is 1. The van der Waals surface area contributed by atoms with Crippen molar-refractivity contribution in [2.75, 3.05) is 0 Å². The molecule has 2 N–H and O–H groups in total. The van der Waals surface area contributed by atoms with Gasteiger partial charge >= 0.3 is 5.97 Å². The second-order valence-corrected chi connectivity index (χ2v) is 7.68. The summed E-state index contributed by atoms with van der Waals surface area (Å²) >= 11 is 6.55. The minimum Gasteiger partial charge on any atom is -0.478 e. The molecule has 0 amide bonds. The lowest BCUT2D eigenvalue weighted by Crippen LogP contribution is -2.00. The number of nitrogens with one attached hydrogen (secondary N) is 1. The van der Waals surface area contributed by atoms with E-state index in [1.54, 1.807) is 36.0 Å². The molecule has 0 bridgehead atoms. The molecule has 158 valence electrons. The van der Waals surface area contributed by atoms with Gasteiger partial charge in [0.05, 0.1) is 27.3 Å². The van der Waals surface area contributed by atoms with Crippen LogP contribution in [0.1, 0.15) is 15.9 Å². The normalized spacial score (nSPS) is 11.1. The average Bonchev–Trinajstić information content (AvgIpc) is 3.44. The van der Waals surface area contributed by atoms with Gasteiger partial charge in [0.1, 0.15) is 5.75 Å². The maximum absolute atomic E-state index is 11.4. The quantitative estimate of drug-likeness (QED) is 0.353. The molecular weight excluding hydrogens is 428 g/mol. The molecule has 0 aliphatic heterocycles. The number of rotatable bonds is 5. The Morgan fingerprint density at radius 2 is 1.94 bits per heavy atom. The molecule has 0 unspecified atom stereocenters. The molecule has 0 saturated heterocycles. The summed E-state index contributed by atoms with van der Waals surface area (Å²) in [7, 11) is 0. The molecule has 0 atom stereocenters. The van der Waals surface area contributed by atoms with Gasteiger partial charge in [-0.1, -0.05) is 29.8 Å². The van der Waals surface area contributed by atoms with Crippen LogP contribution >= 0.6 is 11.6 Å². The topological polar surface area (TPSA) is 93.0 Å². The number of hydrogen-bond acceptors (Lipinski definition) is 4. The van der Waals surface area contributed by atoms with Gasteiger partial charge in [0, 0.05) is 18.0 Å². The third-order valence-corrected chi connectivity index (χ3v) is 5.46. The highest BCUT2D eigenvalue weighted by molar-refractivity contribution is 6.34. The average molecular weight is 445 g/mol. The summed E-state index contributed by atoms with van der Waals surface area (Å²) in [6.45, 7) is 1.74. The van der Waals surface area contributed by atoms with Gasteiger partial charge in [-0.3, -0.25) is 0 Å². The molecule has 0 aliphatic rings. The number of benzene rings is 3. The third kappa shape index (κ3) is 3.70. The molecule has 2 aromatic heterocycles. The van der Waals surface area contributed by atoms with Crippen molar-refractivity contribution < 1.29 is 14.6 Å². The van der Waals surface area contributed by atoms with Gasteiger partial charge in [0.25, 0.3) is 6.01 Å². The zero-order valence-corrected chi connectivity index (χ0v) is 17.7. The van der Waals surface area contributed by atoms with Crippen molar-refractivity contribution in [2.45, 2.75) is 6.92 Å². The number of aromatic amines is 1. The summed E-state index contributed by atoms with van der Waals surface area (Å²) in [5.74, 6) is -0.625. The molecule has 8 heteroatoms. The Balaban J connectivity index is 1.46. The Morgan fingerprint density at radius 3 is 2.66 bits per heavy atom. The minimum atomic E-state index is -1.01. The van der Waals surface area contributed by atoms with E-state index >= 15 is 0 Å². The monoisotopic (exact) mass is 444 g/mol. The number of ether oxygens (including phenoxy) is 1. The van der Waals surface area contributed by atoms with Gasteiger partial charge in [-0.15, -0.1) is 0 Å². The van der Waals surface area contributed by atoms with Crippen LogP contribution in [0.15, 0.2) is 73.1 Å². The number of aromatic nitrogens is 4. The van der Waals surface area contributed by atoms with Crippen molar-refractivity contribution in [3.8, 4) is 28.6 Å². The fourth-order valence-corrected chi connectivity index (χ4v) is 3.77. The van der Waals surface area contributed by atoms with E-state index in [4.69, 9.17) is 16.3 Å². The van der Waals surface area contributed by atoms with E-state index in [1.165, 1.54) is 6.07 Å². The summed E-state index contributed by atoms with van der Waals surface area (Å²) < 4.78 is 7.55. The largest absolute Gasteiger partial charge is 0.478 e. The number of carbonyl (C=O) groups is 1. The number of fused-ring (bicyclic) bond motifs is 1. The molecule has 2 heterocycles. The molecule has 7 nitrogen and oxygen atoms in total. The standard InChI is InChI=1S/C24H17ClN4O3/c1-14-3-8-17(11-18(14)23(30)31)32-24-27-21-12-19(20(25)13-22(21)28-24)15-4-6-16(7-5-15)29-10-2-9-26-29/h2-13H,1H3,(H,27,28)(H,30,31). The van der Waals surface area contributed by atoms with Crippen LogP contribution in [-0.2, 0) is 0 Å². The van der Waals surface area contributed by atoms with Crippen molar-refractivity contribution in [3.63, 3.8) is 0 Å². The van der Waals surface area contributed by atoms with E-state index in [9.17, 15) is 9.90 Å².